The van der Waals surface area contributed by atoms with Crippen molar-refractivity contribution >= 4 is 16.9 Å². The SMILES string of the molecule is CN(CCOc1ccccc1)c1nc(-c2cccnc2)nc2ccoc12. The maximum absolute atomic E-state index is 5.78. The molecule has 3 heterocycles. The molecule has 0 saturated heterocycles. The van der Waals surface area contributed by atoms with E-state index in [1.54, 1.807) is 18.7 Å². The Balaban J connectivity index is 1.57. The number of anilines is 1. The number of ether oxygens (including phenoxy) is 1. The summed E-state index contributed by atoms with van der Waals surface area (Å²) in [6, 6.07) is 15.4. The standard InChI is InChI=1S/C20H18N4O2/c1-24(11-13-25-16-7-3-2-4-8-16)20-18-17(9-12-26-18)22-19(23-20)15-6-5-10-21-14-15/h2-10,12,14H,11,13H2,1H3. The highest BCUT2D eigenvalue weighted by atomic mass is 16.5. The molecule has 4 rings (SSSR count). The average molecular weight is 346 g/mol. The van der Waals surface area contributed by atoms with Crippen molar-refractivity contribution in [1.29, 1.82) is 0 Å². The van der Waals surface area contributed by atoms with Crippen molar-refractivity contribution < 1.29 is 9.15 Å². The molecular formula is C20H18N4O2. The Hall–Kier alpha value is -3.41. The van der Waals surface area contributed by atoms with E-state index in [1.165, 1.54) is 0 Å². The molecule has 0 aliphatic rings. The van der Waals surface area contributed by atoms with E-state index in [1.807, 2.05) is 60.5 Å². The van der Waals surface area contributed by atoms with Crippen LogP contribution in [0.25, 0.3) is 22.5 Å². The minimum absolute atomic E-state index is 0.537. The Morgan fingerprint density at radius 1 is 1.04 bits per heavy atom. The summed E-state index contributed by atoms with van der Waals surface area (Å²) in [5.41, 5.74) is 2.30. The van der Waals surface area contributed by atoms with Gasteiger partial charge in [-0.3, -0.25) is 4.98 Å². The van der Waals surface area contributed by atoms with Crippen LogP contribution in [0.1, 0.15) is 0 Å². The van der Waals surface area contributed by atoms with Gasteiger partial charge in [0.15, 0.2) is 17.2 Å². The van der Waals surface area contributed by atoms with Crippen molar-refractivity contribution in [2.24, 2.45) is 0 Å². The summed E-state index contributed by atoms with van der Waals surface area (Å²) in [5.74, 6) is 2.20. The van der Waals surface area contributed by atoms with E-state index >= 15 is 0 Å². The summed E-state index contributed by atoms with van der Waals surface area (Å²) in [5, 5.41) is 0. The molecule has 0 atom stereocenters. The van der Waals surface area contributed by atoms with E-state index in [9.17, 15) is 0 Å². The number of hydrogen-bond donors (Lipinski definition) is 0. The Morgan fingerprint density at radius 2 is 1.92 bits per heavy atom. The van der Waals surface area contributed by atoms with Crippen molar-refractivity contribution in [3.63, 3.8) is 0 Å². The number of hydrogen-bond acceptors (Lipinski definition) is 6. The molecule has 0 radical (unpaired) electrons. The number of fused-ring (bicyclic) bond motifs is 1. The maximum Gasteiger partial charge on any atom is 0.194 e. The second kappa shape index (κ2) is 7.23. The van der Waals surface area contributed by atoms with Crippen LogP contribution in [0.4, 0.5) is 5.82 Å². The van der Waals surface area contributed by atoms with Crippen molar-refractivity contribution in [3.05, 3.63) is 67.2 Å². The first-order chi connectivity index (χ1) is 12.8. The fraction of sp³-hybridized carbons (Fsp3) is 0.150. The Labute approximate surface area is 151 Å². The van der Waals surface area contributed by atoms with Gasteiger partial charge in [-0.25, -0.2) is 9.97 Å². The molecule has 3 aromatic heterocycles. The number of benzene rings is 1. The number of aromatic nitrogens is 3. The van der Waals surface area contributed by atoms with Gasteiger partial charge in [-0.05, 0) is 24.3 Å². The van der Waals surface area contributed by atoms with Gasteiger partial charge in [0.25, 0.3) is 0 Å². The zero-order valence-electron chi connectivity index (χ0n) is 14.4. The molecule has 0 aliphatic heterocycles. The van der Waals surface area contributed by atoms with Crippen LogP contribution < -0.4 is 9.64 Å². The molecule has 0 N–H and O–H groups in total. The number of likely N-dealkylation sites (N-methyl/N-ethyl adjacent to an activating group) is 1. The van der Waals surface area contributed by atoms with Gasteiger partial charge in [0.05, 0.1) is 12.8 Å². The van der Waals surface area contributed by atoms with E-state index < -0.39 is 0 Å². The Kier molecular flexibility index (Phi) is 4.47. The van der Waals surface area contributed by atoms with Crippen LogP contribution in [-0.2, 0) is 0 Å². The first-order valence-electron chi connectivity index (χ1n) is 8.36. The minimum Gasteiger partial charge on any atom is -0.492 e. The molecule has 0 fully saturated rings. The van der Waals surface area contributed by atoms with Crippen LogP contribution in [0.3, 0.4) is 0 Å². The summed E-state index contributed by atoms with van der Waals surface area (Å²) >= 11 is 0. The van der Waals surface area contributed by atoms with Gasteiger partial charge in [0.2, 0.25) is 0 Å². The number of nitrogens with zero attached hydrogens (tertiary/aromatic N) is 4. The molecule has 4 aromatic rings. The Morgan fingerprint density at radius 3 is 2.73 bits per heavy atom. The normalized spacial score (nSPS) is 10.8. The highest BCUT2D eigenvalue weighted by molar-refractivity contribution is 5.85. The molecule has 6 nitrogen and oxygen atoms in total. The lowest BCUT2D eigenvalue weighted by Gasteiger charge is -2.19. The number of pyridine rings is 1. The summed E-state index contributed by atoms with van der Waals surface area (Å²) < 4.78 is 11.4. The van der Waals surface area contributed by atoms with Crippen LogP contribution >= 0.6 is 0 Å². The third kappa shape index (κ3) is 3.35. The fourth-order valence-electron chi connectivity index (χ4n) is 2.65. The monoisotopic (exact) mass is 346 g/mol. The molecule has 0 amide bonds. The van der Waals surface area contributed by atoms with Gasteiger partial charge >= 0.3 is 0 Å². The van der Waals surface area contributed by atoms with E-state index in [0.29, 0.717) is 24.6 Å². The lowest BCUT2D eigenvalue weighted by atomic mass is 10.2. The third-order valence-corrected chi connectivity index (χ3v) is 4.01. The zero-order chi connectivity index (χ0) is 17.8. The highest BCUT2D eigenvalue weighted by Gasteiger charge is 2.15. The minimum atomic E-state index is 0.537. The molecule has 6 heteroatoms. The summed E-state index contributed by atoms with van der Waals surface area (Å²) in [6.07, 6.45) is 5.11. The first-order valence-corrected chi connectivity index (χ1v) is 8.36. The number of para-hydroxylation sites is 1. The van der Waals surface area contributed by atoms with Crippen LogP contribution in [0.2, 0.25) is 0 Å². The molecular weight excluding hydrogens is 328 g/mol. The predicted octanol–water partition coefficient (Wildman–Crippen LogP) is 3.80. The second-order valence-corrected chi connectivity index (χ2v) is 5.83. The first kappa shape index (κ1) is 16.1. The third-order valence-electron chi connectivity index (χ3n) is 4.01. The second-order valence-electron chi connectivity index (χ2n) is 5.83. The topological polar surface area (TPSA) is 64.3 Å². The summed E-state index contributed by atoms with van der Waals surface area (Å²) in [4.78, 5) is 15.4. The molecule has 26 heavy (non-hydrogen) atoms. The van der Waals surface area contributed by atoms with Crippen molar-refractivity contribution in [3.8, 4) is 17.1 Å². The zero-order valence-corrected chi connectivity index (χ0v) is 14.4. The Bertz CT molecular complexity index is 987. The lowest BCUT2D eigenvalue weighted by molar-refractivity contribution is 0.325. The largest absolute Gasteiger partial charge is 0.492 e. The van der Waals surface area contributed by atoms with Crippen LogP contribution in [0.15, 0.2) is 71.6 Å². The van der Waals surface area contributed by atoms with Crippen LogP contribution in [0.5, 0.6) is 5.75 Å². The van der Waals surface area contributed by atoms with Gasteiger partial charge in [0.1, 0.15) is 17.9 Å². The number of rotatable bonds is 6. The van der Waals surface area contributed by atoms with Gasteiger partial charge < -0.3 is 14.1 Å². The highest BCUT2D eigenvalue weighted by Crippen LogP contribution is 2.27. The molecule has 0 unspecified atom stereocenters. The maximum atomic E-state index is 5.78. The van der Waals surface area contributed by atoms with Gasteiger partial charge in [-0.15, -0.1) is 0 Å². The van der Waals surface area contributed by atoms with Gasteiger partial charge in [0, 0.05) is 31.1 Å². The predicted molar refractivity (Wildman–Crippen MR) is 100 cm³/mol. The molecule has 130 valence electrons. The average Bonchev–Trinajstić information content (AvgIpc) is 3.17. The lowest BCUT2D eigenvalue weighted by Crippen LogP contribution is -2.25. The number of furan rings is 1. The van der Waals surface area contributed by atoms with E-state index in [4.69, 9.17) is 14.1 Å². The summed E-state index contributed by atoms with van der Waals surface area (Å²) in [6.45, 7) is 1.20. The van der Waals surface area contributed by atoms with E-state index in [-0.39, 0.29) is 0 Å². The molecule has 0 bridgehead atoms. The van der Waals surface area contributed by atoms with Gasteiger partial charge in [-0.1, -0.05) is 18.2 Å². The fourth-order valence-corrected chi connectivity index (χ4v) is 2.65. The smallest absolute Gasteiger partial charge is 0.194 e. The summed E-state index contributed by atoms with van der Waals surface area (Å²) in [7, 11) is 1.96. The van der Waals surface area contributed by atoms with E-state index in [2.05, 4.69) is 9.97 Å². The van der Waals surface area contributed by atoms with Crippen molar-refractivity contribution in [2.45, 2.75) is 0 Å². The van der Waals surface area contributed by atoms with Crippen molar-refractivity contribution in [1.82, 2.24) is 15.0 Å². The molecule has 1 aromatic carbocycles. The molecule has 0 spiro atoms. The van der Waals surface area contributed by atoms with Crippen molar-refractivity contribution in [2.75, 3.05) is 25.1 Å². The molecule has 0 aliphatic carbocycles. The van der Waals surface area contributed by atoms with Crippen LogP contribution in [0, 0.1) is 0 Å². The molecule has 0 saturated carbocycles. The van der Waals surface area contributed by atoms with E-state index in [0.717, 1.165) is 22.6 Å². The van der Waals surface area contributed by atoms with Gasteiger partial charge in [-0.2, -0.15) is 0 Å². The van der Waals surface area contributed by atoms with Crippen LogP contribution in [-0.4, -0.2) is 35.2 Å². The quantitative estimate of drug-likeness (QED) is 0.529.